The van der Waals surface area contributed by atoms with E-state index in [0.717, 1.165) is 0 Å². The van der Waals surface area contributed by atoms with Crippen molar-refractivity contribution in [1.29, 1.82) is 0 Å². The van der Waals surface area contributed by atoms with Crippen LogP contribution in [0.2, 0.25) is 5.02 Å². The number of esters is 1. The molecular weight excluding hydrogens is 359 g/mol. The van der Waals surface area contributed by atoms with Gasteiger partial charge in [-0.3, -0.25) is 9.59 Å². The van der Waals surface area contributed by atoms with Gasteiger partial charge in [0.25, 0.3) is 0 Å². The fourth-order valence-electron chi connectivity index (χ4n) is 1.24. The van der Waals surface area contributed by atoms with Crippen molar-refractivity contribution in [3.8, 4) is 0 Å². The van der Waals surface area contributed by atoms with Crippen LogP contribution in [-0.4, -0.2) is 34.8 Å². The lowest BCUT2D eigenvalue weighted by atomic mass is 10.3. The van der Waals surface area contributed by atoms with Crippen LogP contribution in [0.5, 0.6) is 0 Å². The SMILES string of the molecule is O=C(CCC(=O)OCC(F)(F)F)NC(=S)Nc1ccc(Cl)cn1. The highest BCUT2D eigenvalue weighted by Gasteiger charge is 2.29. The number of pyridine rings is 1. The molecule has 0 saturated heterocycles. The molecule has 0 unspecified atom stereocenters. The number of halogens is 4. The van der Waals surface area contributed by atoms with Crippen LogP contribution in [0.4, 0.5) is 19.0 Å². The second-order valence-electron chi connectivity index (χ2n) is 4.14. The number of rotatable bonds is 5. The highest BCUT2D eigenvalue weighted by Crippen LogP contribution is 2.15. The van der Waals surface area contributed by atoms with E-state index in [0.29, 0.717) is 10.8 Å². The topological polar surface area (TPSA) is 80.3 Å². The molecule has 1 aromatic rings. The minimum atomic E-state index is -4.60. The molecule has 0 spiro atoms. The minimum absolute atomic E-state index is 0.0755. The molecule has 126 valence electrons. The van der Waals surface area contributed by atoms with Gasteiger partial charge in [0.05, 0.1) is 11.4 Å². The van der Waals surface area contributed by atoms with Crippen LogP contribution in [-0.2, 0) is 14.3 Å². The maximum Gasteiger partial charge on any atom is 0.422 e. The number of ether oxygens (including phenoxy) is 1. The molecule has 0 bridgehead atoms. The van der Waals surface area contributed by atoms with Crippen molar-refractivity contribution in [2.24, 2.45) is 0 Å². The summed E-state index contributed by atoms with van der Waals surface area (Å²) >= 11 is 10.5. The van der Waals surface area contributed by atoms with Crippen LogP contribution in [0, 0.1) is 0 Å². The Morgan fingerprint density at radius 1 is 1.30 bits per heavy atom. The number of hydrogen-bond donors (Lipinski definition) is 2. The summed E-state index contributed by atoms with van der Waals surface area (Å²) in [6.07, 6.45) is -4.10. The van der Waals surface area contributed by atoms with E-state index in [9.17, 15) is 22.8 Å². The number of carbonyl (C=O) groups is 2. The van der Waals surface area contributed by atoms with Crippen molar-refractivity contribution >= 4 is 46.6 Å². The first kappa shape index (κ1) is 19.1. The van der Waals surface area contributed by atoms with E-state index in [2.05, 4.69) is 20.4 Å². The number of nitrogens with zero attached hydrogens (tertiary/aromatic N) is 1. The minimum Gasteiger partial charge on any atom is -0.456 e. The number of hydrogen-bond acceptors (Lipinski definition) is 5. The number of thiocarbonyl (C=S) groups is 1. The van der Waals surface area contributed by atoms with Crippen molar-refractivity contribution in [3.63, 3.8) is 0 Å². The zero-order valence-corrected chi connectivity index (χ0v) is 13.0. The second kappa shape index (κ2) is 8.63. The van der Waals surface area contributed by atoms with Gasteiger partial charge in [-0.2, -0.15) is 13.2 Å². The van der Waals surface area contributed by atoms with E-state index in [1.165, 1.54) is 12.3 Å². The molecule has 0 aliphatic heterocycles. The molecule has 0 aliphatic rings. The summed E-state index contributed by atoms with van der Waals surface area (Å²) < 4.78 is 39.4. The van der Waals surface area contributed by atoms with Gasteiger partial charge >= 0.3 is 12.1 Å². The van der Waals surface area contributed by atoms with Gasteiger partial charge in [-0.05, 0) is 24.4 Å². The Morgan fingerprint density at radius 2 is 2.00 bits per heavy atom. The third-order valence-electron chi connectivity index (χ3n) is 2.17. The summed E-state index contributed by atoms with van der Waals surface area (Å²) in [5.74, 6) is -1.44. The lowest BCUT2D eigenvalue weighted by Gasteiger charge is -2.09. The van der Waals surface area contributed by atoms with Crippen molar-refractivity contribution in [1.82, 2.24) is 10.3 Å². The Morgan fingerprint density at radius 3 is 2.57 bits per heavy atom. The average molecular weight is 370 g/mol. The predicted molar refractivity (Wildman–Crippen MR) is 79.9 cm³/mol. The zero-order valence-electron chi connectivity index (χ0n) is 11.4. The standard InChI is InChI=1S/C12H11ClF3N3O3S/c13-7-1-2-8(17-5-7)18-11(23)19-9(20)3-4-10(21)22-6-12(14,15)16/h1-2,5H,3-4,6H2,(H2,17,18,19,20,23). The monoisotopic (exact) mass is 369 g/mol. The molecule has 23 heavy (non-hydrogen) atoms. The third-order valence-corrected chi connectivity index (χ3v) is 2.60. The highest BCUT2D eigenvalue weighted by atomic mass is 35.5. The van der Waals surface area contributed by atoms with Crippen LogP contribution >= 0.6 is 23.8 Å². The molecule has 2 N–H and O–H groups in total. The Labute approximate surface area is 139 Å². The number of carbonyl (C=O) groups excluding carboxylic acids is 2. The number of anilines is 1. The van der Waals surface area contributed by atoms with Crippen LogP contribution in [0.25, 0.3) is 0 Å². The summed E-state index contributed by atoms with van der Waals surface area (Å²) in [7, 11) is 0. The van der Waals surface area contributed by atoms with E-state index in [1.54, 1.807) is 6.07 Å². The summed E-state index contributed by atoms with van der Waals surface area (Å²) in [5, 5.41) is 5.19. The van der Waals surface area contributed by atoms with E-state index in [1.807, 2.05) is 0 Å². The fourth-order valence-corrected chi connectivity index (χ4v) is 1.57. The average Bonchev–Trinajstić information content (AvgIpc) is 2.44. The van der Waals surface area contributed by atoms with E-state index in [-0.39, 0.29) is 11.5 Å². The van der Waals surface area contributed by atoms with Gasteiger partial charge in [0.1, 0.15) is 5.82 Å². The van der Waals surface area contributed by atoms with E-state index >= 15 is 0 Å². The summed E-state index contributed by atoms with van der Waals surface area (Å²) in [6, 6.07) is 3.08. The Kier molecular flexibility index (Phi) is 7.17. The lowest BCUT2D eigenvalue weighted by Crippen LogP contribution is -2.34. The van der Waals surface area contributed by atoms with Crippen LogP contribution < -0.4 is 10.6 Å². The van der Waals surface area contributed by atoms with Crippen molar-refractivity contribution < 1.29 is 27.5 Å². The maximum atomic E-state index is 11.8. The number of amides is 1. The number of aromatic nitrogens is 1. The Balaban J connectivity index is 2.29. The molecule has 0 atom stereocenters. The van der Waals surface area contributed by atoms with Gasteiger partial charge in [-0.25, -0.2) is 4.98 Å². The van der Waals surface area contributed by atoms with Gasteiger partial charge in [0, 0.05) is 12.6 Å². The first-order valence-corrected chi connectivity index (χ1v) is 6.89. The van der Waals surface area contributed by atoms with E-state index < -0.39 is 31.1 Å². The third kappa shape index (κ3) is 8.94. The molecule has 0 aliphatic carbocycles. The smallest absolute Gasteiger partial charge is 0.422 e. The first-order valence-electron chi connectivity index (χ1n) is 6.10. The van der Waals surface area contributed by atoms with Gasteiger partial charge in [0.2, 0.25) is 5.91 Å². The number of nitrogens with one attached hydrogen (secondary N) is 2. The molecule has 1 rings (SSSR count). The molecule has 1 heterocycles. The molecule has 6 nitrogen and oxygen atoms in total. The molecule has 1 amide bonds. The quantitative estimate of drug-likeness (QED) is 0.613. The molecule has 1 aromatic heterocycles. The summed E-state index contributed by atoms with van der Waals surface area (Å²) in [5.41, 5.74) is 0. The van der Waals surface area contributed by atoms with Gasteiger partial charge < -0.3 is 15.4 Å². The van der Waals surface area contributed by atoms with Gasteiger partial charge in [0.15, 0.2) is 11.7 Å². The summed E-state index contributed by atoms with van der Waals surface area (Å²) in [4.78, 5) is 26.4. The van der Waals surface area contributed by atoms with Crippen LogP contribution in [0.3, 0.4) is 0 Å². The largest absolute Gasteiger partial charge is 0.456 e. The molecule has 0 radical (unpaired) electrons. The molecule has 0 fully saturated rings. The highest BCUT2D eigenvalue weighted by molar-refractivity contribution is 7.80. The lowest BCUT2D eigenvalue weighted by molar-refractivity contribution is -0.186. The van der Waals surface area contributed by atoms with Crippen molar-refractivity contribution in [3.05, 3.63) is 23.4 Å². The van der Waals surface area contributed by atoms with Crippen LogP contribution in [0.15, 0.2) is 18.3 Å². The van der Waals surface area contributed by atoms with Gasteiger partial charge in [-0.1, -0.05) is 11.6 Å². The molecule has 0 aromatic carbocycles. The van der Waals surface area contributed by atoms with Crippen molar-refractivity contribution in [2.45, 2.75) is 19.0 Å². The predicted octanol–water partition coefficient (Wildman–Crippen LogP) is 2.43. The van der Waals surface area contributed by atoms with E-state index in [4.69, 9.17) is 23.8 Å². The number of alkyl halides is 3. The summed E-state index contributed by atoms with van der Waals surface area (Å²) in [6.45, 7) is -1.68. The Hall–Kier alpha value is -1.94. The molecule has 11 heteroatoms. The van der Waals surface area contributed by atoms with Gasteiger partial charge in [-0.15, -0.1) is 0 Å². The van der Waals surface area contributed by atoms with Crippen LogP contribution in [0.1, 0.15) is 12.8 Å². The van der Waals surface area contributed by atoms with Crippen molar-refractivity contribution in [2.75, 3.05) is 11.9 Å². The zero-order chi connectivity index (χ0) is 17.5. The maximum absolute atomic E-state index is 11.8. The first-order chi connectivity index (χ1) is 10.7. The fraction of sp³-hybridized carbons (Fsp3) is 0.333. The molecule has 0 saturated carbocycles. The normalized spacial score (nSPS) is 10.8. The second-order valence-corrected chi connectivity index (χ2v) is 4.98. The molecular formula is C12H11ClF3N3O3S. The Bertz CT molecular complexity index is 581.